The van der Waals surface area contributed by atoms with E-state index < -0.39 is 5.82 Å². The van der Waals surface area contributed by atoms with Crippen molar-refractivity contribution in [2.45, 2.75) is 6.92 Å². The molecule has 1 aromatic rings. The van der Waals surface area contributed by atoms with Crippen molar-refractivity contribution in [3.63, 3.8) is 0 Å². The van der Waals surface area contributed by atoms with Crippen LogP contribution in [0, 0.1) is 12.7 Å². The Morgan fingerprint density at radius 2 is 2.23 bits per heavy atom. The molecule has 0 saturated carbocycles. The molecule has 1 aromatic carbocycles. The van der Waals surface area contributed by atoms with Crippen molar-refractivity contribution in [1.82, 2.24) is 0 Å². The minimum atomic E-state index is -0.400. The lowest BCUT2D eigenvalue weighted by Crippen LogP contribution is -2.01. The van der Waals surface area contributed by atoms with E-state index in [4.69, 9.17) is 11.6 Å². The zero-order chi connectivity index (χ0) is 10.0. The Morgan fingerprint density at radius 1 is 1.62 bits per heavy atom. The Kier molecular flexibility index (Phi) is 3.45. The summed E-state index contributed by atoms with van der Waals surface area (Å²) in [5, 5.41) is 0. The quantitative estimate of drug-likeness (QED) is 0.592. The smallest absolute Gasteiger partial charge is 0.177 e. The van der Waals surface area contributed by atoms with Crippen LogP contribution in [0.3, 0.4) is 0 Å². The van der Waals surface area contributed by atoms with Gasteiger partial charge in [-0.2, -0.15) is 0 Å². The summed E-state index contributed by atoms with van der Waals surface area (Å²) in [6, 6.07) is 2.77. The molecule has 0 aromatic heterocycles. The zero-order valence-corrected chi connectivity index (χ0v) is 9.25. The van der Waals surface area contributed by atoms with Crippen molar-refractivity contribution in [3.05, 3.63) is 33.5 Å². The second-order valence-electron chi connectivity index (χ2n) is 2.62. The van der Waals surface area contributed by atoms with E-state index in [9.17, 15) is 9.18 Å². The summed E-state index contributed by atoms with van der Waals surface area (Å²) in [7, 11) is 0. The first kappa shape index (κ1) is 10.7. The summed E-state index contributed by atoms with van der Waals surface area (Å²) in [5.41, 5.74) is 0.788. The number of carbonyl (C=O) groups excluding carboxylic acids is 1. The molecule has 0 heterocycles. The van der Waals surface area contributed by atoms with Gasteiger partial charge in [-0.15, -0.1) is 11.6 Å². The van der Waals surface area contributed by atoms with Gasteiger partial charge in [-0.1, -0.05) is 15.9 Å². The summed E-state index contributed by atoms with van der Waals surface area (Å²) >= 11 is 8.50. The number of halogens is 3. The van der Waals surface area contributed by atoms with Crippen LogP contribution >= 0.6 is 27.5 Å². The molecule has 0 aliphatic heterocycles. The summed E-state index contributed by atoms with van der Waals surface area (Å²) in [6.45, 7) is 1.63. The van der Waals surface area contributed by atoms with E-state index in [0.717, 1.165) is 0 Å². The number of hydrogen-bond donors (Lipinski definition) is 0. The fourth-order valence-corrected chi connectivity index (χ4v) is 1.47. The van der Waals surface area contributed by atoms with Crippen molar-refractivity contribution in [2.75, 3.05) is 5.88 Å². The molecular weight excluding hydrogens is 258 g/mol. The van der Waals surface area contributed by atoms with Gasteiger partial charge in [-0.25, -0.2) is 4.39 Å². The lowest BCUT2D eigenvalue weighted by molar-refractivity contribution is 0.102. The van der Waals surface area contributed by atoms with Gasteiger partial charge >= 0.3 is 0 Å². The highest BCUT2D eigenvalue weighted by Gasteiger charge is 2.09. The first-order valence-electron chi connectivity index (χ1n) is 3.61. The van der Waals surface area contributed by atoms with Crippen LogP contribution in [-0.4, -0.2) is 11.7 Å². The first-order chi connectivity index (χ1) is 6.06. The lowest BCUT2D eigenvalue weighted by atomic mass is 10.1. The maximum absolute atomic E-state index is 13.1. The summed E-state index contributed by atoms with van der Waals surface area (Å²) in [4.78, 5) is 11.1. The first-order valence-corrected chi connectivity index (χ1v) is 4.94. The van der Waals surface area contributed by atoms with Crippen LogP contribution in [-0.2, 0) is 0 Å². The molecule has 4 heteroatoms. The molecule has 1 rings (SSSR count). The number of Topliss-reactive ketones (excluding diaryl/α,β-unsaturated/α-hetero) is 1. The van der Waals surface area contributed by atoms with Crippen molar-refractivity contribution >= 4 is 33.3 Å². The van der Waals surface area contributed by atoms with E-state index in [-0.39, 0.29) is 11.7 Å². The van der Waals surface area contributed by atoms with Gasteiger partial charge in [-0.3, -0.25) is 4.79 Å². The van der Waals surface area contributed by atoms with Crippen LogP contribution in [0.2, 0.25) is 0 Å². The SMILES string of the molecule is Cc1c(F)cc(C(=O)CCl)cc1Br. The molecule has 0 aliphatic rings. The Hall–Kier alpha value is -0.410. The van der Waals surface area contributed by atoms with Crippen LogP contribution < -0.4 is 0 Å². The second kappa shape index (κ2) is 4.20. The maximum atomic E-state index is 13.1. The normalized spacial score (nSPS) is 10.2. The van der Waals surface area contributed by atoms with Gasteiger partial charge in [0.2, 0.25) is 0 Å². The zero-order valence-electron chi connectivity index (χ0n) is 6.90. The maximum Gasteiger partial charge on any atom is 0.177 e. The molecule has 0 bridgehead atoms. The Balaban J connectivity index is 3.20. The van der Waals surface area contributed by atoms with Crippen molar-refractivity contribution < 1.29 is 9.18 Å². The third-order valence-electron chi connectivity index (χ3n) is 1.72. The predicted octanol–water partition coefficient (Wildman–Crippen LogP) is 3.32. The second-order valence-corrected chi connectivity index (χ2v) is 3.74. The van der Waals surface area contributed by atoms with Crippen molar-refractivity contribution in [2.24, 2.45) is 0 Å². The fourth-order valence-electron chi connectivity index (χ4n) is 0.883. The monoisotopic (exact) mass is 264 g/mol. The standard InChI is InChI=1S/C9H7BrClFO/c1-5-7(10)2-6(3-8(5)12)9(13)4-11/h2-3H,4H2,1H3. The third-order valence-corrected chi connectivity index (χ3v) is 2.79. The summed E-state index contributed by atoms with van der Waals surface area (Å²) < 4.78 is 13.7. The number of carbonyl (C=O) groups is 1. The van der Waals surface area contributed by atoms with Gasteiger partial charge in [0.05, 0.1) is 5.88 Å². The fraction of sp³-hybridized carbons (Fsp3) is 0.222. The predicted molar refractivity (Wildman–Crippen MR) is 53.9 cm³/mol. The van der Waals surface area contributed by atoms with E-state index in [1.807, 2.05) is 0 Å². The number of alkyl halides is 1. The molecule has 0 atom stereocenters. The minimum Gasteiger partial charge on any atom is -0.293 e. The Labute approximate surface area is 89.0 Å². The van der Waals surface area contributed by atoms with E-state index in [1.165, 1.54) is 6.07 Å². The van der Waals surface area contributed by atoms with E-state index in [0.29, 0.717) is 15.6 Å². The molecule has 0 saturated heterocycles. The molecular formula is C9H7BrClFO. The van der Waals surface area contributed by atoms with E-state index in [1.54, 1.807) is 13.0 Å². The summed E-state index contributed by atoms with van der Waals surface area (Å²) in [5.74, 6) is -0.807. The summed E-state index contributed by atoms with van der Waals surface area (Å²) in [6.07, 6.45) is 0. The highest BCUT2D eigenvalue weighted by Crippen LogP contribution is 2.21. The molecule has 0 unspecified atom stereocenters. The van der Waals surface area contributed by atoms with Gasteiger partial charge in [0.15, 0.2) is 5.78 Å². The average molecular weight is 266 g/mol. The van der Waals surface area contributed by atoms with E-state index in [2.05, 4.69) is 15.9 Å². The van der Waals surface area contributed by atoms with Crippen molar-refractivity contribution in [1.29, 1.82) is 0 Å². The van der Waals surface area contributed by atoms with Crippen LogP contribution in [0.1, 0.15) is 15.9 Å². The molecule has 1 nitrogen and oxygen atoms in total. The molecule has 70 valence electrons. The number of ketones is 1. The molecule has 0 N–H and O–H groups in total. The topological polar surface area (TPSA) is 17.1 Å². The molecule has 0 spiro atoms. The van der Waals surface area contributed by atoms with Gasteiger partial charge in [0.25, 0.3) is 0 Å². The lowest BCUT2D eigenvalue weighted by Gasteiger charge is -2.03. The highest BCUT2D eigenvalue weighted by atomic mass is 79.9. The van der Waals surface area contributed by atoms with Gasteiger partial charge in [-0.05, 0) is 24.6 Å². The Bertz CT molecular complexity index is 328. The van der Waals surface area contributed by atoms with Crippen LogP contribution in [0.25, 0.3) is 0 Å². The molecule has 13 heavy (non-hydrogen) atoms. The highest BCUT2D eigenvalue weighted by molar-refractivity contribution is 9.10. The van der Waals surface area contributed by atoms with Crippen LogP contribution in [0.5, 0.6) is 0 Å². The Morgan fingerprint density at radius 3 is 2.69 bits per heavy atom. The number of benzene rings is 1. The molecule has 0 aliphatic carbocycles. The van der Waals surface area contributed by atoms with Crippen LogP contribution in [0.15, 0.2) is 16.6 Å². The van der Waals surface area contributed by atoms with E-state index >= 15 is 0 Å². The molecule has 0 fully saturated rings. The third kappa shape index (κ3) is 2.29. The molecule has 0 radical (unpaired) electrons. The largest absolute Gasteiger partial charge is 0.293 e. The van der Waals surface area contributed by atoms with Gasteiger partial charge in [0, 0.05) is 10.0 Å². The number of hydrogen-bond acceptors (Lipinski definition) is 1. The average Bonchev–Trinajstić information content (AvgIpc) is 2.12. The van der Waals surface area contributed by atoms with Gasteiger partial charge in [0.1, 0.15) is 5.82 Å². The molecule has 0 amide bonds. The van der Waals surface area contributed by atoms with Crippen molar-refractivity contribution in [3.8, 4) is 0 Å². The van der Waals surface area contributed by atoms with Crippen LogP contribution in [0.4, 0.5) is 4.39 Å². The number of rotatable bonds is 2. The minimum absolute atomic E-state index is 0.130. The van der Waals surface area contributed by atoms with Gasteiger partial charge < -0.3 is 0 Å².